The number of hydrogen-bond acceptors (Lipinski definition) is 2. The number of hydrogen-bond donors (Lipinski definition) is 2. The number of halogens is 1. The van der Waals surface area contributed by atoms with E-state index in [9.17, 15) is 14.0 Å². The number of amides is 3. The van der Waals surface area contributed by atoms with E-state index in [1.165, 1.54) is 12.1 Å². The quantitative estimate of drug-likeness (QED) is 0.783. The molecular formula is C22H26FN3O2. The Morgan fingerprint density at radius 2 is 1.82 bits per heavy atom. The topological polar surface area (TPSA) is 61.4 Å². The van der Waals surface area contributed by atoms with Crippen LogP contribution in [-0.4, -0.2) is 29.9 Å². The summed E-state index contributed by atoms with van der Waals surface area (Å²) in [5.41, 5.74) is 2.58. The maximum atomic E-state index is 13.0. The van der Waals surface area contributed by atoms with Crippen molar-refractivity contribution in [3.05, 3.63) is 65.5 Å². The molecule has 0 bridgehead atoms. The van der Waals surface area contributed by atoms with Gasteiger partial charge in [-0.3, -0.25) is 4.79 Å². The van der Waals surface area contributed by atoms with Gasteiger partial charge in [0, 0.05) is 31.7 Å². The second kappa shape index (κ2) is 9.35. The second-order valence-electron chi connectivity index (χ2n) is 7.26. The zero-order valence-electron chi connectivity index (χ0n) is 16.1. The molecule has 5 nitrogen and oxygen atoms in total. The van der Waals surface area contributed by atoms with Crippen molar-refractivity contribution in [2.75, 3.05) is 18.4 Å². The van der Waals surface area contributed by atoms with Gasteiger partial charge in [-0.2, -0.15) is 0 Å². The summed E-state index contributed by atoms with van der Waals surface area (Å²) in [6.45, 7) is 3.94. The summed E-state index contributed by atoms with van der Waals surface area (Å²) in [6.07, 6.45) is 2.43. The molecule has 1 fully saturated rings. The van der Waals surface area contributed by atoms with Gasteiger partial charge in [0.2, 0.25) is 5.91 Å². The van der Waals surface area contributed by atoms with E-state index in [1.807, 2.05) is 36.1 Å². The number of benzene rings is 2. The van der Waals surface area contributed by atoms with Crippen LogP contribution in [0.15, 0.2) is 48.5 Å². The first-order valence-corrected chi connectivity index (χ1v) is 9.68. The molecule has 0 radical (unpaired) electrons. The Morgan fingerprint density at radius 1 is 1.11 bits per heavy atom. The van der Waals surface area contributed by atoms with Gasteiger partial charge >= 0.3 is 6.03 Å². The molecule has 1 heterocycles. The van der Waals surface area contributed by atoms with E-state index >= 15 is 0 Å². The number of rotatable bonds is 6. The fraction of sp³-hybridized carbons (Fsp3) is 0.364. The lowest BCUT2D eigenvalue weighted by Crippen LogP contribution is -2.32. The van der Waals surface area contributed by atoms with E-state index in [2.05, 4.69) is 10.6 Å². The summed E-state index contributed by atoms with van der Waals surface area (Å²) in [7, 11) is 0. The fourth-order valence-electron chi connectivity index (χ4n) is 3.34. The van der Waals surface area contributed by atoms with Gasteiger partial charge in [-0.05, 0) is 54.2 Å². The monoisotopic (exact) mass is 383 g/mol. The van der Waals surface area contributed by atoms with Gasteiger partial charge in [0.05, 0.1) is 0 Å². The lowest BCUT2D eigenvalue weighted by Gasteiger charge is -2.16. The van der Waals surface area contributed by atoms with Crippen molar-refractivity contribution in [1.29, 1.82) is 0 Å². The Labute approximate surface area is 164 Å². The number of nitrogens with zero attached hydrogens (tertiary/aromatic N) is 1. The highest BCUT2D eigenvalue weighted by atomic mass is 19.1. The zero-order chi connectivity index (χ0) is 19.9. The molecule has 148 valence electrons. The molecule has 3 rings (SSSR count). The smallest absolute Gasteiger partial charge is 0.321 e. The van der Waals surface area contributed by atoms with E-state index in [1.54, 1.807) is 12.1 Å². The molecule has 0 saturated carbocycles. The largest absolute Gasteiger partial charge is 0.352 e. The number of carbonyl (C=O) groups excluding carboxylic acids is 2. The van der Waals surface area contributed by atoms with Crippen LogP contribution in [0.3, 0.4) is 0 Å². The average molecular weight is 383 g/mol. The van der Waals surface area contributed by atoms with Gasteiger partial charge in [0.15, 0.2) is 0 Å². The van der Waals surface area contributed by atoms with Crippen LogP contribution < -0.4 is 10.6 Å². The molecule has 2 N–H and O–H groups in total. The Kier molecular flexibility index (Phi) is 6.63. The van der Waals surface area contributed by atoms with E-state index in [0.29, 0.717) is 13.0 Å². The van der Waals surface area contributed by atoms with Crippen molar-refractivity contribution in [2.45, 2.75) is 38.6 Å². The number of anilines is 1. The van der Waals surface area contributed by atoms with Crippen molar-refractivity contribution in [3.8, 4) is 0 Å². The van der Waals surface area contributed by atoms with Crippen LogP contribution in [0.2, 0.25) is 0 Å². The average Bonchev–Trinajstić information content (AvgIpc) is 3.22. The summed E-state index contributed by atoms with van der Waals surface area (Å²) in [4.78, 5) is 26.2. The maximum absolute atomic E-state index is 13.0. The molecule has 0 aromatic heterocycles. The molecule has 1 aliphatic rings. The van der Waals surface area contributed by atoms with Gasteiger partial charge in [0.25, 0.3) is 0 Å². The van der Waals surface area contributed by atoms with Gasteiger partial charge in [-0.1, -0.05) is 31.2 Å². The molecule has 1 saturated heterocycles. The SMILES string of the molecule is CC(CC(=O)NCc1cccc(NC(=O)N2CCCC2)c1)c1ccc(F)cc1. The highest BCUT2D eigenvalue weighted by molar-refractivity contribution is 5.89. The molecule has 0 aliphatic carbocycles. The molecule has 1 aliphatic heterocycles. The summed E-state index contributed by atoms with van der Waals surface area (Å²) >= 11 is 0. The predicted molar refractivity (Wildman–Crippen MR) is 108 cm³/mol. The van der Waals surface area contributed by atoms with Gasteiger partial charge < -0.3 is 15.5 Å². The van der Waals surface area contributed by atoms with Crippen LogP contribution in [0.5, 0.6) is 0 Å². The first kappa shape index (κ1) is 19.9. The van der Waals surface area contributed by atoms with Crippen LogP contribution in [0.25, 0.3) is 0 Å². The number of carbonyl (C=O) groups is 2. The molecule has 28 heavy (non-hydrogen) atoms. The van der Waals surface area contributed by atoms with Gasteiger partial charge in [-0.15, -0.1) is 0 Å². The predicted octanol–water partition coefficient (Wildman–Crippen LogP) is 4.26. The third-order valence-electron chi connectivity index (χ3n) is 4.99. The fourth-order valence-corrected chi connectivity index (χ4v) is 3.34. The maximum Gasteiger partial charge on any atom is 0.321 e. The Bertz CT molecular complexity index is 817. The minimum absolute atomic E-state index is 0.00619. The first-order chi connectivity index (χ1) is 13.5. The molecule has 2 aromatic rings. The van der Waals surface area contributed by atoms with Crippen molar-refractivity contribution in [3.63, 3.8) is 0 Å². The Morgan fingerprint density at radius 3 is 2.54 bits per heavy atom. The van der Waals surface area contributed by atoms with Crippen LogP contribution in [0.4, 0.5) is 14.9 Å². The molecule has 1 atom stereocenters. The minimum Gasteiger partial charge on any atom is -0.352 e. The summed E-state index contributed by atoms with van der Waals surface area (Å²) in [5, 5.41) is 5.82. The van der Waals surface area contributed by atoms with E-state index in [0.717, 1.165) is 42.7 Å². The van der Waals surface area contributed by atoms with Crippen LogP contribution in [0.1, 0.15) is 43.2 Å². The number of urea groups is 1. The second-order valence-corrected chi connectivity index (χ2v) is 7.26. The van der Waals surface area contributed by atoms with Crippen LogP contribution in [-0.2, 0) is 11.3 Å². The van der Waals surface area contributed by atoms with Crippen molar-refractivity contribution >= 4 is 17.6 Å². The molecule has 3 amide bonds. The summed E-state index contributed by atoms with van der Waals surface area (Å²) < 4.78 is 13.0. The third kappa shape index (κ3) is 5.55. The normalized spacial score (nSPS) is 14.6. The van der Waals surface area contributed by atoms with Crippen molar-refractivity contribution in [1.82, 2.24) is 10.2 Å². The van der Waals surface area contributed by atoms with Crippen LogP contribution >= 0.6 is 0 Å². The Balaban J connectivity index is 1.49. The molecule has 6 heteroatoms. The van der Waals surface area contributed by atoms with Gasteiger partial charge in [0.1, 0.15) is 5.82 Å². The van der Waals surface area contributed by atoms with E-state index in [-0.39, 0.29) is 23.7 Å². The summed E-state index contributed by atoms with van der Waals surface area (Å²) in [5.74, 6) is -0.341. The van der Waals surface area contributed by atoms with E-state index < -0.39 is 0 Å². The zero-order valence-corrected chi connectivity index (χ0v) is 16.1. The minimum atomic E-state index is -0.280. The Hall–Kier alpha value is -2.89. The number of likely N-dealkylation sites (tertiary alicyclic amines) is 1. The first-order valence-electron chi connectivity index (χ1n) is 9.68. The van der Waals surface area contributed by atoms with Crippen molar-refractivity contribution in [2.24, 2.45) is 0 Å². The third-order valence-corrected chi connectivity index (χ3v) is 4.99. The molecular weight excluding hydrogens is 357 g/mol. The highest BCUT2D eigenvalue weighted by Crippen LogP contribution is 2.19. The summed E-state index contributed by atoms with van der Waals surface area (Å²) in [6, 6.07) is 13.6. The van der Waals surface area contributed by atoms with Crippen LogP contribution in [0, 0.1) is 5.82 Å². The molecule has 0 spiro atoms. The van der Waals surface area contributed by atoms with Gasteiger partial charge in [-0.25, -0.2) is 9.18 Å². The number of nitrogens with one attached hydrogen (secondary N) is 2. The lowest BCUT2D eigenvalue weighted by atomic mass is 9.97. The molecule has 1 unspecified atom stereocenters. The lowest BCUT2D eigenvalue weighted by molar-refractivity contribution is -0.121. The molecule has 2 aromatic carbocycles. The highest BCUT2D eigenvalue weighted by Gasteiger charge is 2.17. The standard InChI is InChI=1S/C22H26FN3O2/c1-16(18-7-9-19(23)10-8-18)13-21(27)24-15-17-5-4-6-20(14-17)25-22(28)26-11-2-3-12-26/h4-10,14,16H,2-3,11-13,15H2,1H3,(H,24,27)(H,25,28). The van der Waals surface area contributed by atoms with Crippen molar-refractivity contribution < 1.29 is 14.0 Å². The van der Waals surface area contributed by atoms with E-state index in [4.69, 9.17) is 0 Å².